The minimum atomic E-state index is -1.75. The van der Waals surface area contributed by atoms with Crippen molar-refractivity contribution in [2.75, 3.05) is 48.0 Å². The molecule has 4 heterocycles. The number of morpholine rings is 1. The molecule has 0 saturated carbocycles. The average molecular weight is 463 g/mol. The monoisotopic (exact) mass is 462 g/mol. The first-order chi connectivity index (χ1) is 16.5. The fourth-order valence-corrected chi connectivity index (χ4v) is 5.27. The van der Waals surface area contributed by atoms with Crippen LogP contribution in [-0.2, 0) is 19.7 Å². The van der Waals surface area contributed by atoms with Crippen molar-refractivity contribution in [3.05, 3.63) is 45.7 Å². The van der Waals surface area contributed by atoms with E-state index >= 15 is 0 Å². The van der Waals surface area contributed by atoms with Crippen LogP contribution in [0.4, 0.5) is 17.5 Å². The van der Waals surface area contributed by atoms with E-state index in [0.717, 1.165) is 19.3 Å². The highest BCUT2D eigenvalue weighted by atomic mass is 16.5. The summed E-state index contributed by atoms with van der Waals surface area (Å²) >= 11 is 0. The highest BCUT2D eigenvalue weighted by Gasteiger charge is 2.63. The maximum atomic E-state index is 14.1. The Labute approximate surface area is 196 Å². The van der Waals surface area contributed by atoms with Crippen molar-refractivity contribution < 1.29 is 14.3 Å². The van der Waals surface area contributed by atoms with E-state index in [0.29, 0.717) is 50.0 Å². The largest absolute Gasteiger partial charge is 0.378 e. The van der Waals surface area contributed by atoms with E-state index in [4.69, 9.17) is 4.74 Å². The van der Waals surface area contributed by atoms with Gasteiger partial charge >= 0.3 is 0 Å². The van der Waals surface area contributed by atoms with Gasteiger partial charge in [0.05, 0.1) is 24.8 Å². The normalized spacial score (nSPS) is 23.5. The number of nitriles is 1. The van der Waals surface area contributed by atoms with Crippen LogP contribution in [-0.4, -0.2) is 54.6 Å². The van der Waals surface area contributed by atoms with Gasteiger partial charge in [0.2, 0.25) is 17.8 Å². The standard InChI is InChI=1S/C24H26N6O4/c1-2-3-6-9-30-17-8-5-4-7-15(17)24(22(30)33)16(14-25)20(31)26-19-18(24)21(32)28-23(27-19)29-10-12-34-13-11-29/h4-5,7-8,16H,2-3,6,9-13H2,1H3,(H2,26,27,28,31,32). The van der Waals surface area contributed by atoms with Crippen LogP contribution < -0.4 is 20.7 Å². The molecular weight excluding hydrogens is 436 g/mol. The third-order valence-corrected chi connectivity index (χ3v) is 6.87. The summed E-state index contributed by atoms with van der Waals surface area (Å²) in [4.78, 5) is 51.7. The van der Waals surface area contributed by atoms with Crippen LogP contribution in [0.1, 0.15) is 37.3 Å². The fraction of sp³-hybridized carbons (Fsp3) is 0.458. The van der Waals surface area contributed by atoms with Crippen molar-refractivity contribution in [2.24, 2.45) is 5.92 Å². The molecule has 0 bridgehead atoms. The second kappa shape index (κ2) is 8.57. The molecule has 10 nitrogen and oxygen atoms in total. The molecule has 34 heavy (non-hydrogen) atoms. The number of anilines is 3. The van der Waals surface area contributed by atoms with Crippen LogP contribution >= 0.6 is 0 Å². The number of benzene rings is 1. The van der Waals surface area contributed by atoms with E-state index in [9.17, 15) is 19.6 Å². The summed E-state index contributed by atoms with van der Waals surface area (Å²) in [5.74, 6) is -2.14. The molecule has 1 saturated heterocycles. The molecular formula is C24H26N6O4. The third kappa shape index (κ3) is 3.11. The Morgan fingerprint density at radius 2 is 1.97 bits per heavy atom. The van der Waals surface area contributed by atoms with Crippen molar-refractivity contribution in [1.82, 2.24) is 9.97 Å². The van der Waals surface area contributed by atoms with Crippen LogP contribution in [0.15, 0.2) is 29.1 Å². The number of ether oxygens (including phenoxy) is 1. The van der Waals surface area contributed by atoms with Gasteiger partial charge in [-0.15, -0.1) is 0 Å². The summed E-state index contributed by atoms with van der Waals surface area (Å²) in [6.45, 7) is 4.57. The van der Waals surface area contributed by atoms with Gasteiger partial charge in [-0.25, -0.2) is 0 Å². The van der Waals surface area contributed by atoms with Crippen molar-refractivity contribution in [3.63, 3.8) is 0 Å². The van der Waals surface area contributed by atoms with Crippen molar-refractivity contribution >= 4 is 29.3 Å². The lowest BCUT2D eigenvalue weighted by Crippen LogP contribution is -2.56. The van der Waals surface area contributed by atoms with E-state index < -0.39 is 28.7 Å². The highest BCUT2D eigenvalue weighted by Crippen LogP contribution is 2.53. The third-order valence-electron chi connectivity index (χ3n) is 6.87. The number of amides is 2. The average Bonchev–Trinajstić information content (AvgIpc) is 3.08. The Kier molecular flexibility index (Phi) is 5.57. The number of hydrogen-bond acceptors (Lipinski definition) is 7. The van der Waals surface area contributed by atoms with Gasteiger partial charge in [-0.2, -0.15) is 10.2 Å². The Morgan fingerprint density at radius 3 is 2.71 bits per heavy atom. The molecule has 1 aromatic heterocycles. The predicted octanol–water partition coefficient (Wildman–Crippen LogP) is 1.52. The number of H-pyrrole nitrogens is 1. The Bertz CT molecular complexity index is 1240. The number of aromatic nitrogens is 2. The summed E-state index contributed by atoms with van der Waals surface area (Å²) in [5, 5.41) is 12.7. The molecule has 0 radical (unpaired) electrons. The number of nitrogens with zero attached hydrogens (tertiary/aromatic N) is 4. The number of nitrogens with one attached hydrogen (secondary N) is 2. The number of carbonyl (C=O) groups excluding carboxylic acids is 2. The van der Waals surface area contributed by atoms with Crippen molar-refractivity contribution in [1.29, 1.82) is 5.26 Å². The summed E-state index contributed by atoms with van der Waals surface area (Å²) < 4.78 is 5.37. The zero-order valence-corrected chi connectivity index (χ0v) is 19.0. The molecule has 2 unspecified atom stereocenters. The van der Waals surface area contributed by atoms with E-state index in [1.54, 1.807) is 23.1 Å². The van der Waals surface area contributed by atoms with Gasteiger partial charge in [0.15, 0.2) is 0 Å². The number of unbranched alkanes of at least 4 members (excludes halogenated alkanes) is 2. The molecule has 5 rings (SSSR count). The van der Waals surface area contributed by atoms with Gasteiger partial charge in [0.1, 0.15) is 17.2 Å². The first-order valence-electron chi connectivity index (χ1n) is 11.6. The Morgan fingerprint density at radius 1 is 1.21 bits per heavy atom. The quantitative estimate of drug-likeness (QED) is 0.644. The van der Waals surface area contributed by atoms with Crippen LogP contribution in [0.5, 0.6) is 0 Å². The van der Waals surface area contributed by atoms with E-state index in [1.165, 1.54) is 0 Å². The summed E-state index contributed by atoms with van der Waals surface area (Å²) in [7, 11) is 0. The van der Waals surface area contributed by atoms with E-state index in [1.807, 2.05) is 17.0 Å². The molecule has 2 N–H and O–H groups in total. The Balaban J connectivity index is 1.72. The zero-order valence-electron chi connectivity index (χ0n) is 19.0. The zero-order chi connectivity index (χ0) is 23.9. The topological polar surface area (TPSA) is 131 Å². The minimum absolute atomic E-state index is 0.0195. The molecule has 2 aromatic rings. The molecule has 0 aliphatic carbocycles. The maximum Gasteiger partial charge on any atom is 0.259 e. The van der Waals surface area contributed by atoms with Gasteiger partial charge in [-0.1, -0.05) is 38.0 Å². The van der Waals surface area contributed by atoms with Gasteiger partial charge in [0, 0.05) is 25.3 Å². The minimum Gasteiger partial charge on any atom is -0.378 e. The lowest BCUT2D eigenvalue weighted by atomic mass is 9.65. The molecule has 1 spiro atoms. The SMILES string of the molecule is CCCCCN1C(=O)C2(c3ccccc31)c1c(nc(N3CCOCC3)[nH]c1=O)NC(=O)C2C#N. The summed E-state index contributed by atoms with van der Waals surface area (Å²) in [5.41, 5.74) is -1.15. The molecule has 2 atom stereocenters. The van der Waals surface area contributed by atoms with Crippen LogP contribution in [0.2, 0.25) is 0 Å². The number of rotatable bonds is 5. The summed E-state index contributed by atoms with van der Waals surface area (Å²) in [6.07, 6.45) is 2.69. The lowest BCUT2D eigenvalue weighted by Gasteiger charge is -2.37. The van der Waals surface area contributed by atoms with Gasteiger partial charge in [-0.05, 0) is 18.1 Å². The van der Waals surface area contributed by atoms with Gasteiger partial charge in [0.25, 0.3) is 5.56 Å². The number of aromatic amines is 1. The molecule has 176 valence electrons. The molecule has 10 heteroatoms. The molecule has 1 aromatic carbocycles. The maximum absolute atomic E-state index is 14.1. The fourth-order valence-electron chi connectivity index (χ4n) is 5.27. The predicted molar refractivity (Wildman–Crippen MR) is 125 cm³/mol. The smallest absolute Gasteiger partial charge is 0.259 e. The summed E-state index contributed by atoms with van der Waals surface area (Å²) in [6, 6.07) is 9.13. The van der Waals surface area contributed by atoms with Crippen LogP contribution in [0.3, 0.4) is 0 Å². The lowest BCUT2D eigenvalue weighted by molar-refractivity contribution is -0.129. The van der Waals surface area contributed by atoms with E-state index in [2.05, 4.69) is 22.2 Å². The molecule has 2 amide bonds. The number of para-hydroxylation sites is 1. The van der Waals surface area contributed by atoms with Gasteiger partial charge < -0.3 is 19.9 Å². The van der Waals surface area contributed by atoms with Gasteiger partial charge in [-0.3, -0.25) is 19.4 Å². The number of hydrogen-bond donors (Lipinski definition) is 2. The molecule has 1 fully saturated rings. The van der Waals surface area contributed by atoms with Crippen molar-refractivity contribution in [2.45, 2.75) is 31.6 Å². The first-order valence-corrected chi connectivity index (χ1v) is 11.6. The number of carbonyl (C=O) groups is 2. The first kappa shape index (κ1) is 22.1. The molecule has 3 aliphatic heterocycles. The number of fused-ring (bicyclic) bond motifs is 4. The second-order valence-electron chi connectivity index (χ2n) is 8.75. The molecule has 3 aliphatic rings. The Hall–Kier alpha value is -3.71. The van der Waals surface area contributed by atoms with Crippen LogP contribution in [0.25, 0.3) is 0 Å². The highest BCUT2D eigenvalue weighted by molar-refractivity contribution is 6.17. The second-order valence-corrected chi connectivity index (χ2v) is 8.75. The van der Waals surface area contributed by atoms with Crippen LogP contribution in [0, 0.1) is 17.2 Å². The van der Waals surface area contributed by atoms with E-state index in [-0.39, 0.29) is 11.4 Å². The van der Waals surface area contributed by atoms with Crippen molar-refractivity contribution in [3.8, 4) is 6.07 Å².